The molecule has 1 aliphatic heterocycles. The highest BCUT2D eigenvalue weighted by atomic mass is 16.2. The largest absolute Gasteiger partial charge is 0.342 e. The Hall–Kier alpha value is -3.40. The molecule has 2 atom stereocenters. The molecule has 27 heavy (non-hydrogen) atoms. The first kappa shape index (κ1) is 17.0. The predicted octanol–water partition coefficient (Wildman–Crippen LogP) is 3.50. The van der Waals surface area contributed by atoms with Gasteiger partial charge in [0.15, 0.2) is 0 Å². The van der Waals surface area contributed by atoms with E-state index < -0.39 is 6.04 Å². The highest BCUT2D eigenvalue weighted by molar-refractivity contribution is 6.07. The van der Waals surface area contributed by atoms with Gasteiger partial charge in [0, 0.05) is 5.69 Å². The van der Waals surface area contributed by atoms with E-state index >= 15 is 0 Å². The Kier molecular flexibility index (Phi) is 4.71. The van der Waals surface area contributed by atoms with E-state index in [1.165, 1.54) is 0 Å². The Bertz CT molecular complexity index is 926. The summed E-state index contributed by atoms with van der Waals surface area (Å²) in [6.45, 7) is 0. The van der Waals surface area contributed by atoms with Crippen LogP contribution >= 0.6 is 0 Å². The lowest BCUT2D eigenvalue weighted by molar-refractivity contribution is -0.132. The van der Waals surface area contributed by atoms with Gasteiger partial charge >= 0.3 is 0 Å². The highest BCUT2D eigenvalue weighted by Gasteiger charge is 2.49. The number of anilines is 1. The molecule has 2 amide bonds. The fourth-order valence-corrected chi connectivity index (χ4v) is 3.50. The molecule has 4 rings (SSSR count). The predicted molar refractivity (Wildman–Crippen MR) is 105 cm³/mol. The van der Waals surface area contributed by atoms with E-state index in [1.54, 1.807) is 4.90 Å². The summed E-state index contributed by atoms with van der Waals surface area (Å²) in [7, 11) is 0. The lowest BCUT2D eigenvalue weighted by Gasteiger charge is -2.47. The summed E-state index contributed by atoms with van der Waals surface area (Å²) in [6, 6.07) is 28.2. The third-order valence-electron chi connectivity index (χ3n) is 4.80. The number of carbonyl (C=O) groups excluding carboxylic acids is 2. The van der Waals surface area contributed by atoms with Crippen LogP contribution in [0.4, 0.5) is 5.69 Å². The average molecular weight is 356 g/mol. The van der Waals surface area contributed by atoms with E-state index in [0.717, 1.165) is 16.8 Å². The van der Waals surface area contributed by atoms with Crippen molar-refractivity contribution in [2.75, 3.05) is 4.90 Å². The maximum atomic E-state index is 12.8. The minimum absolute atomic E-state index is 0.0866. The van der Waals surface area contributed by atoms with Crippen molar-refractivity contribution >= 4 is 17.5 Å². The molecule has 1 saturated heterocycles. The molecule has 3 aromatic carbocycles. The summed E-state index contributed by atoms with van der Waals surface area (Å²) in [6.07, 6.45) is 0.261. The van der Waals surface area contributed by atoms with E-state index in [-0.39, 0.29) is 24.3 Å². The molecule has 0 aliphatic carbocycles. The quantitative estimate of drug-likeness (QED) is 0.712. The molecule has 4 nitrogen and oxygen atoms in total. The van der Waals surface area contributed by atoms with Gasteiger partial charge in [0.1, 0.15) is 6.04 Å². The van der Waals surface area contributed by atoms with E-state index in [0.29, 0.717) is 0 Å². The summed E-state index contributed by atoms with van der Waals surface area (Å²) in [4.78, 5) is 27.1. The highest BCUT2D eigenvalue weighted by Crippen LogP contribution is 2.39. The Labute approximate surface area is 158 Å². The Morgan fingerprint density at radius 1 is 0.815 bits per heavy atom. The third kappa shape index (κ3) is 3.47. The number of para-hydroxylation sites is 1. The van der Waals surface area contributed by atoms with E-state index in [4.69, 9.17) is 0 Å². The van der Waals surface area contributed by atoms with Crippen LogP contribution in [-0.2, 0) is 16.0 Å². The van der Waals surface area contributed by atoms with Crippen LogP contribution in [-0.4, -0.2) is 17.9 Å². The molecular formula is C23H20N2O2. The molecule has 1 heterocycles. The van der Waals surface area contributed by atoms with Crippen LogP contribution in [0.2, 0.25) is 0 Å². The fourth-order valence-electron chi connectivity index (χ4n) is 3.50. The van der Waals surface area contributed by atoms with Crippen molar-refractivity contribution in [3.63, 3.8) is 0 Å². The van der Waals surface area contributed by atoms with E-state index in [9.17, 15) is 9.59 Å². The summed E-state index contributed by atoms with van der Waals surface area (Å²) in [5, 5.41) is 2.93. The summed E-state index contributed by atoms with van der Waals surface area (Å²) in [5.41, 5.74) is 2.77. The standard InChI is InChI=1S/C23H20N2O2/c26-20(16-17-10-4-1-5-11-17)24-21-22(18-12-6-2-7-13-18)25(23(21)27)19-14-8-3-9-15-19/h1-15,21-22H,16H2,(H,24,26). The zero-order valence-corrected chi connectivity index (χ0v) is 14.8. The minimum atomic E-state index is -0.552. The number of β-lactam (4-membered cyclic amide) rings is 1. The molecule has 1 aliphatic rings. The summed E-state index contributed by atoms with van der Waals surface area (Å²) < 4.78 is 0. The van der Waals surface area contributed by atoms with E-state index in [1.807, 2.05) is 91.0 Å². The number of rotatable bonds is 5. The van der Waals surface area contributed by atoms with Gasteiger partial charge in [-0.15, -0.1) is 0 Å². The first-order valence-corrected chi connectivity index (χ1v) is 9.00. The van der Waals surface area contributed by atoms with Gasteiger partial charge in [0.25, 0.3) is 5.91 Å². The van der Waals surface area contributed by atoms with Gasteiger partial charge in [-0.05, 0) is 23.3 Å². The van der Waals surface area contributed by atoms with Crippen molar-refractivity contribution in [3.05, 3.63) is 102 Å². The second-order valence-electron chi connectivity index (χ2n) is 6.61. The molecule has 0 radical (unpaired) electrons. The molecule has 0 bridgehead atoms. The van der Waals surface area contributed by atoms with Crippen LogP contribution in [0.3, 0.4) is 0 Å². The lowest BCUT2D eigenvalue weighted by Crippen LogP contribution is -2.66. The number of nitrogens with one attached hydrogen (secondary N) is 1. The zero-order chi connectivity index (χ0) is 18.6. The molecule has 0 saturated carbocycles. The molecule has 0 spiro atoms. The Morgan fingerprint density at radius 2 is 1.37 bits per heavy atom. The topological polar surface area (TPSA) is 49.4 Å². The maximum absolute atomic E-state index is 12.8. The molecule has 1 fully saturated rings. The molecule has 134 valence electrons. The molecule has 1 N–H and O–H groups in total. The Balaban J connectivity index is 1.56. The van der Waals surface area contributed by atoms with Gasteiger partial charge in [0.05, 0.1) is 12.5 Å². The summed E-state index contributed by atoms with van der Waals surface area (Å²) >= 11 is 0. The van der Waals surface area contributed by atoms with Gasteiger partial charge in [-0.25, -0.2) is 0 Å². The van der Waals surface area contributed by atoms with Gasteiger partial charge in [-0.1, -0.05) is 78.9 Å². The number of amides is 2. The third-order valence-corrected chi connectivity index (χ3v) is 4.80. The summed E-state index contributed by atoms with van der Waals surface area (Å²) in [5.74, 6) is -0.232. The second-order valence-corrected chi connectivity index (χ2v) is 6.61. The second kappa shape index (κ2) is 7.46. The van der Waals surface area contributed by atoms with Crippen molar-refractivity contribution in [1.29, 1.82) is 0 Å². The molecule has 2 unspecified atom stereocenters. The zero-order valence-electron chi connectivity index (χ0n) is 14.8. The fraction of sp³-hybridized carbons (Fsp3) is 0.130. The van der Waals surface area contributed by atoms with Crippen LogP contribution < -0.4 is 10.2 Å². The first-order valence-electron chi connectivity index (χ1n) is 9.00. The number of hydrogen-bond donors (Lipinski definition) is 1. The maximum Gasteiger partial charge on any atom is 0.252 e. The molecule has 0 aromatic heterocycles. The van der Waals surface area contributed by atoms with Crippen molar-refractivity contribution in [3.8, 4) is 0 Å². The van der Waals surface area contributed by atoms with Crippen molar-refractivity contribution in [2.45, 2.75) is 18.5 Å². The lowest BCUT2D eigenvalue weighted by atomic mass is 9.87. The number of hydrogen-bond acceptors (Lipinski definition) is 2. The molecule has 4 heteroatoms. The molecular weight excluding hydrogens is 336 g/mol. The van der Waals surface area contributed by atoms with Gasteiger partial charge in [-0.3, -0.25) is 9.59 Å². The van der Waals surface area contributed by atoms with Crippen molar-refractivity contribution in [2.24, 2.45) is 0 Å². The number of carbonyl (C=O) groups is 2. The number of nitrogens with zero attached hydrogens (tertiary/aromatic N) is 1. The Morgan fingerprint density at radius 3 is 2.00 bits per heavy atom. The van der Waals surface area contributed by atoms with Gasteiger partial charge in [0.2, 0.25) is 5.91 Å². The monoisotopic (exact) mass is 356 g/mol. The van der Waals surface area contributed by atoms with Crippen LogP contribution in [0.15, 0.2) is 91.0 Å². The smallest absolute Gasteiger partial charge is 0.252 e. The average Bonchev–Trinajstić information content (AvgIpc) is 2.72. The van der Waals surface area contributed by atoms with Crippen LogP contribution in [0.1, 0.15) is 17.2 Å². The van der Waals surface area contributed by atoms with Crippen LogP contribution in [0.5, 0.6) is 0 Å². The minimum Gasteiger partial charge on any atom is -0.342 e. The van der Waals surface area contributed by atoms with Crippen LogP contribution in [0.25, 0.3) is 0 Å². The van der Waals surface area contributed by atoms with Crippen molar-refractivity contribution in [1.82, 2.24) is 5.32 Å². The number of benzene rings is 3. The SMILES string of the molecule is O=C(Cc1ccccc1)NC1C(=O)N(c2ccccc2)C1c1ccccc1. The van der Waals surface area contributed by atoms with Gasteiger partial charge in [-0.2, -0.15) is 0 Å². The van der Waals surface area contributed by atoms with Crippen LogP contribution in [0, 0.1) is 0 Å². The first-order chi connectivity index (χ1) is 13.2. The van der Waals surface area contributed by atoms with E-state index in [2.05, 4.69) is 5.32 Å². The van der Waals surface area contributed by atoms with Gasteiger partial charge < -0.3 is 10.2 Å². The normalized spacial score (nSPS) is 18.7. The van der Waals surface area contributed by atoms with Crippen molar-refractivity contribution < 1.29 is 9.59 Å². The molecule has 3 aromatic rings.